The van der Waals surface area contributed by atoms with E-state index < -0.39 is 17.7 Å². The lowest BCUT2D eigenvalue weighted by Crippen LogP contribution is -2.15. The van der Waals surface area contributed by atoms with Gasteiger partial charge in [-0.1, -0.05) is 17.7 Å². The van der Waals surface area contributed by atoms with Crippen LogP contribution in [0.4, 0.5) is 20.2 Å². The van der Waals surface area contributed by atoms with Crippen LogP contribution in [0, 0.1) is 11.6 Å². The minimum absolute atomic E-state index is 0.277. The summed E-state index contributed by atoms with van der Waals surface area (Å²) in [6, 6.07) is 8.51. The summed E-state index contributed by atoms with van der Waals surface area (Å²) < 4.78 is 27.1. The van der Waals surface area contributed by atoms with Crippen LogP contribution in [-0.2, 0) is 0 Å². The average Bonchev–Trinajstić information content (AvgIpc) is 2.41. The quantitative estimate of drug-likeness (QED) is 0.867. The number of halogens is 3. The van der Waals surface area contributed by atoms with E-state index in [9.17, 15) is 8.78 Å². The van der Waals surface area contributed by atoms with Gasteiger partial charge in [-0.3, -0.25) is 0 Å². The van der Waals surface area contributed by atoms with Gasteiger partial charge in [0.1, 0.15) is 11.6 Å². The van der Waals surface area contributed by atoms with E-state index in [-0.39, 0.29) is 5.56 Å². The Hall–Kier alpha value is -1.81. The van der Waals surface area contributed by atoms with Crippen molar-refractivity contribution in [2.24, 2.45) is 0 Å². The normalized spacial score (nSPS) is 12.1. The molecule has 2 rings (SSSR count). The molecule has 0 heterocycles. The SMILES string of the molecule is CC(Nc1cccc(Cl)c1N(C)C)c1cc(F)ccc1F. The molecule has 5 heteroatoms. The minimum Gasteiger partial charge on any atom is -0.377 e. The number of nitrogens with one attached hydrogen (secondary N) is 1. The molecule has 0 aliphatic carbocycles. The first-order valence-electron chi connectivity index (χ1n) is 6.57. The summed E-state index contributed by atoms with van der Waals surface area (Å²) in [5.41, 5.74) is 1.85. The molecule has 2 aromatic carbocycles. The van der Waals surface area contributed by atoms with Gasteiger partial charge < -0.3 is 10.2 Å². The molecule has 0 bridgehead atoms. The Kier molecular flexibility index (Phi) is 4.68. The van der Waals surface area contributed by atoms with Crippen molar-refractivity contribution in [2.45, 2.75) is 13.0 Å². The van der Waals surface area contributed by atoms with Crippen LogP contribution in [0.2, 0.25) is 5.02 Å². The first kappa shape index (κ1) is 15.6. The largest absolute Gasteiger partial charge is 0.377 e. The molecule has 1 N–H and O–H groups in total. The molecule has 0 amide bonds. The van der Waals surface area contributed by atoms with Crippen molar-refractivity contribution < 1.29 is 8.78 Å². The molecule has 0 aliphatic heterocycles. The van der Waals surface area contributed by atoms with Crippen LogP contribution < -0.4 is 10.2 Å². The molecule has 1 unspecified atom stereocenters. The van der Waals surface area contributed by atoms with Crippen LogP contribution in [0.5, 0.6) is 0 Å². The highest BCUT2D eigenvalue weighted by molar-refractivity contribution is 6.34. The number of anilines is 2. The van der Waals surface area contributed by atoms with E-state index in [1.165, 1.54) is 6.07 Å². The van der Waals surface area contributed by atoms with Gasteiger partial charge in [-0.05, 0) is 37.3 Å². The monoisotopic (exact) mass is 310 g/mol. The van der Waals surface area contributed by atoms with Crippen molar-refractivity contribution in [3.8, 4) is 0 Å². The molecular weight excluding hydrogens is 294 g/mol. The first-order chi connectivity index (χ1) is 9.90. The Labute approximate surface area is 128 Å². The topological polar surface area (TPSA) is 15.3 Å². The predicted molar refractivity (Wildman–Crippen MR) is 84.2 cm³/mol. The van der Waals surface area contributed by atoms with E-state index in [0.717, 1.165) is 23.5 Å². The maximum Gasteiger partial charge on any atom is 0.128 e. The molecule has 0 saturated heterocycles. The van der Waals surface area contributed by atoms with Gasteiger partial charge in [0.05, 0.1) is 22.4 Å². The first-order valence-corrected chi connectivity index (χ1v) is 6.95. The van der Waals surface area contributed by atoms with Crippen LogP contribution in [0.15, 0.2) is 36.4 Å². The van der Waals surface area contributed by atoms with Crippen molar-refractivity contribution >= 4 is 23.0 Å². The van der Waals surface area contributed by atoms with E-state index in [1.54, 1.807) is 13.0 Å². The van der Waals surface area contributed by atoms with E-state index >= 15 is 0 Å². The van der Waals surface area contributed by atoms with Gasteiger partial charge in [-0.25, -0.2) is 8.78 Å². The van der Waals surface area contributed by atoms with Crippen LogP contribution in [0.1, 0.15) is 18.5 Å². The fourth-order valence-corrected chi connectivity index (χ4v) is 2.59. The number of benzene rings is 2. The Morgan fingerprint density at radius 1 is 1.14 bits per heavy atom. The summed E-state index contributed by atoms with van der Waals surface area (Å²) in [5, 5.41) is 3.78. The summed E-state index contributed by atoms with van der Waals surface area (Å²) in [5.74, 6) is -0.899. The Bertz CT molecular complexity index is 644. The van der Waals surface area contributed by atoms with Crippen LogP contribution in [0.25, 0.3) is 0 Å². The third kappa shape index (κ3) is 3.45. The highest BCUT2D eigenvalue weighted by Gasteiger charge is 2.15. The number of hydrogen-bond acceptors (Lipinski definition) is 2. The molecule has 2 nitrogen and oxygen atoms in total. The van der Waals surface area contributed by atoms with Gasteiger partial charge in [0.2, 0.25) is 0 Å². The van der Waals surface area contributed by atoms with Crippen molar-refractivity contribution in [1.29, 1.82) is 0 Å². The van der Waals surface area contributed by atoms with Crippen LogP contribution in [-0.4, -0.2) is 14.1 Å². The van der Waals surface area contributed by atoms with Gasteiger partial charge in [0, 0.05) is 19.7 Å². The summed E-state index contributed by atoms with van der Waals surface area (Å²) in [6.45, 7) is 1.78. The van der Waals surface area contributed by atoms with E-state index in [1.807, 2.05) is 31.1 Å². The molecule has 112 valence electrons. The van der Waals surface area contributed by atoms with Gasteiger partial charge in [0.25, 0.3) is 0 Å². The molecule has 0 aromatic heterocycles. The van der Waals surface area contributed by atoms with Crippen molar-refractivity contribution in [3.05, 3.63) is 58.6 Å². The molecule has 1 atom stereocenters. The Balaban J connectivity index is 2.34. The highest BCUT2D eigenvalue weighted by Crippen LogP contribution is 2.34. The highest BCUT2D eigenvalue weighted by atomic mass is 35.5. The van der Waals surface area contributed by atoms with Gasteiger partial charge >= 0.3 is 0 Å². The average molecular weight is 311 g/mol. The van der Waals surface area contributed by atoms with E-state index in [2.05, 4.69) is 5.32 Å². The second-order valence-electron chi connectivity index (χ2n) is 5.06. The fraction of sp³-hybridized carbons (Fsp3) is 0.250. The van der Waals surface area contributed by atoms with Crippen molar-refractivity contribution in [1.82, 2.24) is 0 Å². The molecule has 0 aliphatic rings. The molecule has 0 fully saturated rings. The fourth-order valence-electron chi connectivity index (χ4n) is 2.24. The Morgan fingerprint density at radius 2 is 1.86 bits per heavy atom. The molecule has 21 heavy (non-hydrogen) atoms. The molecule has 0 saturated carbocycles. The third-order valence-corrected chi connectivity index (χ3v) is 3.54. The zero-order valence-corrected chi connectivity index (χ0v) is 12.9. The van der Waals surface area contributed by atoms with Gasteiger partial charge in [-0.15, -0.1) is 0 Å². The second kappa shape index (κ2) is 6.31. The predicted octanol–water partition coefficient (Wildman–Crippen LogP) is 4.86. The Morgan fingerprint density at radius 3 is 2.52 bits per heavy atom. The lowest BCUT2D eigenvalue weighted by Gasteiger charge is -2.23. The lowest BCUT2D eigenvalue weighted by molar-refractivity contribution is 0.577. The molecular formula is C16H17ClF2N2. The second-order valence-corrected chi connectivity index (χ2v) is 5.47. The van der Waals surface area contributed by atoms with Crippen LogP contribution >= 0.6 is 11.6 Å². The minimum atomic E-state index is -0.459. The summed E-state index contributed by atoms with van der Waals surface area (Å²) in [7, 11) is 3.75. The van der Waals surface area contributed by atoms with E-state index in [4.69, 9.17) is 11.6 Å². The smallest absolute Gasteiger partial charge is 0.128 e. The molecule has 0 spiro atoms. The van der Waals surface area contributed by atoms with Crippen LogP contribution in [0.3, 0.4) is 0 Å². The van der Waals surface area contributed by atoms with E-state index in [0.29, 0.717) is 5.02 Å². The number of para-hydroxylation sites is 1. The van der Waals surface area contributed by atoms with Crippen molar-refractivity contribution in [3.63, 3.8) is 0 Å². The zero-order chi connectivity index (χ0) is 15.6. The standard InChI is InChI=1S/C16H17ClF2N2/c1-10(12-9-11(18)7-8-14(12)19)20-15-6-4-5-13(17)16(15)21(2)3/h4-10,20H,1-3H3. The molecule has 0 radical (unpaired) electrons. The van der Waals surface area contributed by atoms with Gasteiger partial charge in [-0.2, -0.15) is 0 Å². The summed E-state index contributed by atoms with van der Waals surface area (Å²) in [4.78, 5) is 1.87. The third-order valence-electron chi connectivity index (χ3n) is 3.23. The summed E-state index contributed by atoms with van der Waals surface area (Å²) in [6.07, 6.45) is 0. The zero-order valence-electron chi connectivity index (χ0n) is 12.1. The number of rotatable bonds is 4. The van der Waals surface area contributed by atoms with Gasteiger partial charge in [0.15, 0.2) is 0 Å². The lowest BCUT2D eigenvalue weighted by atomic mass is 10.1. The number of hydrogen-bond donors (Lipinski definition) is 1. The molecule has 2 aromatic rings. The maximum atomic E-state index is 13.8. The number of nitrogens with zero attached hydrogens (tertiary/aromatic N) is 1. The maximum absolute atomic E-state index is 13.8. The summed E-state index contributed by atoms with van der Waals surface area (Å²) >= 11 is 6.19. The van der Waals surface area contributed by atoms with Crippen molar-refractivity contribution in [2.75, 3.05) is 24.3 Å².